The molecule has 1 saturated heterocycles. The summed E-state index contributed by atoms with van der Waals surface area (Å²) in [6.07, 6.45) is 1.73. The predicted octanol–water partition coefficient (Wildman–Crippen LogP) is 3.67. The van der Waals surface area contributed by atoms with Crippen LogP contribution in [0.3, 0.4) is 0 Å². The number of likely N-dealkylation sites (tertiary alicyclic amines) is 1. The van der Waals surface area contributed by atoms with E-state index in [1.807, 2.05) is 47.7 Å². The highest BCUT2D eigenvalue weighted by molar-refractivity contribution is 7.13. The van der Waals surface area contributed by atoms with Crippen LogP contribution < -0.4 is 0 Å². The Kier molecular flexibility index (Phi) is 5.83. The average Bonchev–Trinajstić information content (AvgIpc) is 3.40. The molecule has 0 radical (unpaired) electrons. The molecule has 7 heteroatoms. The quantitative estimate of drug-likeness (QED) is 0.636. The monoisotopic (exact) mass is 396 g/mol. The summed E-state index contributed by atoms with van der Waals surface area (Å²) in [7, 11) is 1.90. The first kappa shape index (κ1) is 18.8. The summed E-state index contributed by atoms with van der Waals surface area (Å²) in [4.78, 5) is 22.4. The molecule has 3 aromatic rings. The molecule has 0 saturated carbocycles. The van der Waals surface area contributed by atoms with Crippen LogP contribution in [0.15, 0.2) is 52.4 Å². The molecule has 0 unspecified atom stereocenters. The zero-order chi connectivity index (χ0) is 19.3. The van der Waals surface area contributed by atoms with Crippen LogP contribution in [0.2, 0.25) is 0 Å². The van der Waals surface area contributed by atoms with Crippen molar-refractivity contribution in [2.45, 2.75) is 25.9 Å². The average molecular weight is 397 g/mol. The molecule has 4 rings (SSSR count). The summed E-state index contributed by atoms with van der Waals surface area (Å²) < 4.78 is 5.40. The Balaban J connectivity index is 1.27. The molecular weight excluding hydrogens is 372 g/mol. The van der Waals surface area contributed by atoms with Gasteiger partial charge in [0.2, 0.25) is 17.6 Å². The minimum Gasteiger partial charge on any atom is -0.341 e. The number of hydrogen-bond donors (Lipinski definition) is 0. The molecule has 0 atom stereocenters. The van der Waals surface area contributed by atoms with Crippen molar-refractivity contribution >= 4 is 17.2 Å². The predicted molar refractivity (Wildman–Crippen MR) is 109 cm³/mol. The van der Waals surface area contributed by atoms with E-state index in [-0.39, 0.29) is 11.8 Å². The maximum Gasteiger partial charge on any atom is 0.241 e. The molecule has 0 spiro atoms. The van der Waals surface area contributed by atoms with Gasteiger partial charge in [0.25, 0.3) is 0 Å². The Morgan fingerprint density at radius 3 is 2.71 bits per heavy atom. The Morgan fingerprint density at radius 2 is 2.00 bits per heavy atom. The van der Waals surface area contributed by atoms with Gasteiger partial charge in [0.05, 0.1) is 11.4 Å². The van der Waals surface area contributed by atoms with Crippen molar-refractivity contribution in [2.75, 3.05) is 20.1 Å². The van der Waals surface area contributed by atoms with Gasteiger partial charge in [-0.3, -0.25) is 9.69 Å². The molecule has 6 nitrogen and oxygen atoms in total. The molecule has 1 amide bonds. The van der Waals surface area contributed by atoms with E-state index in [0.29, 0.717) is 24.8 Å². The smallest absolute Gasteiger partial charge is 0.241 e. The van der Waals surface area contributed by atoms with Gasteiger partial charge in [0, 0.05) is 19.5 Å². The fraction of sp³-hybridized carbons (Fsp3) is 0.381. The second kappa shape index (κ2) is 8.67. The van der Waals surface area contributed by atoms with Gasteiger partial charge in [0.15, 0.2) is 0 Å². The number of carbonyl (C=O) groups excluding carboxylic acids is 1. The zero-order valence-corrected chi connectivity index (χ0v) is 16.8. The molecule has 28 heavy (non-hydrogen) atoms. The van der Waals surface area contributed by atoms with E-state index < -0.39 is 0 Å². The van der Waals surface area contributed by atoms with Crippen LogP contribution in [-0.2, 0) is 17.9 Å². The lowest BCUT2D eigenvalue weighted by molar-refractivity contribution is -0.136. The van der Waals surface area contributed by atoms with Gasteiger partial charge in [-0.1, -0.05) is 41.6 Å². The normalized spacial score (nSPS) is 15.6. The van der Waals surface area contributed by atoms with Crippen LogP contribution in [0.5, 0.6) is 0 Å². The maximum atomic E-state index is 12.8. The van der Waals surface area contributed by atoms with Crippen LogP contribution in [0.1, 0.15) is 24.3 Å². The first-order chi connectivity index (χ1) is 13.7. The minimum absolute atomic E-state index is 0.0920. The number of benzene rings is 1. The molecule has 0 bridgehead atoms. The van der Waals surface area contributed by atoms with Gasteiger partial charge >= 0.3 is 0 Å². The van der Waals surface area contributed by atoms with E-state index in [4.69, 9.17) is 4.52 Å². The number of thiophene rings is 1. The zero-order valence-electron chi connectivity index (χ0n) is 16.0. The third-order valence-corrected chi connectivity index (χ3v) is 6.01. The summed E-state index contributed by atoms with van der Waals surface area (Å²) in [5, 5.41) is 6.07. The van der Waals surface area contributed by atoms with Crippen LogP contribution in [-0.4, -0.2) is 46.0 Å². The molecule has 146 valence electrons. The lowest BCUT2D eigenvalue weighted by Crippen LogP contribution is -2.40. The Hall–Kier alpha value is -2.51. The van der Waals surface area contributed by atoms with Crippen molar-refractivity contribution < 1.29 is 9.32 Å². The Morgan fingerprint density at radius 1 is 1.21 bits per heavy atom. The van der Waals surface area contributed by atoms with Gasteiger partial charge in [-0.05, 0) is 42.9 Å². The van der Waals surface area contributed by atoms with Crippen LogP contribution in [0.25, 0.3) is 10.7 Å². The van der Waals surface area contributed by atoms with Crippen molar-refractivity contribution in [1.82, 2.24) is 19.9 Å². The summed E-state index contributed by atoms with van der Waals surface area (Å²) >= 11 is 1.60. The van der Waals surface area contributed by atoms with Gasteiger partial charge in [-0.25, -0.2) is 0 Å². The second-order valence-corrected chi connectivity index (χ2v) is 8.17. The van der Waals surface area contributed by atoms with Crippen LogP contribution in [0, 0.1) is 5.92 Å². The number of carbonyl (C=O) groups is 1. The molecule has 0 N–H and O–H groups in total. The van der Waals surface area contributed by atoms with E-state index in [9.17, 15) is 4.79 Å². The largest absolute Gasteiger partial charge is 0.341 e. The molecule has 1 aromatic carbocycles. The van der Waals surface area contributed by atoms with Crippen molar-refractivity contribution in [3.05, 3.63) is 59.3 Å². The minimum atomic E-state index is 0.0920. The highest BCUT2D eigenvalue weighted by atomic mass is 32.1. The number of hydrogen-bond acceptors (Lipinski definition) is 6. The van der Waals surface area contributed by atoms with E-state index in [2.05, 4.69) is 27.2 Å². The van der Waals surface area contributed by atoms with Crippen LogP contribution in [0.4, 0.5) is 0 Å². The third-order valence-electron chi connectivity index (χ3n) is 5.14. The molecule has 1 fully saturated rings. The standard InChI is InChI=1S/C21H24N4O2S/c1-24(14-16-6-3-2-4-7-16)21(26)17-9-11-25(12-10-17)15-19-22-20(23-27-19)18-8-5-13-28-18/h2-8,13,17H,9-12,14-15H2,1H3. The highest BCUT2D eigenvalue weighted by Crippen LogP contribution is 2.24. The summed E-state index contributed by atoms with van der Waals surface area (Å²) in [6, 6.07) is 14.1. The summed E-state index contributed by atoms with van der Waals surface area (Å²) in [6.45, 7) is 3.03. The van der Waals surface area contributed by atoms with E-state index in [1.165, 1.54) is 0 Å². The maximum absolute atomic E-state index is 12.8. The summed E-state index contributed by atoms with van der Waals surface area (Å²) in [5.41, 5.74) is 1.16. The van der Waals surface area contributed by atoms with E-state index in [1.54, 1.807) is 11.3 Å². The molecule has 1 aliphatic rings. The Labute approximate surface area is 168 Å². The van der Waals surface area contributed by atoms with E-state index >= 15 is 0 Å². The SMILES string of the molecule is CN(Cc1ccccc1)C(=O)C1CCN(Cc2nc(-c3cccs3)no2)CC1. The molecule has 3 heterocycles. The highest BCUT2D eigenvalue weighted by Gasteiger charge is 2.28. The van der Waals surface area contributed by atoms with Gasteiger partial charge in [-0.15, -0.1) is 11.3 Å². The number of rotatable bonds is 6. The van der Waals surface area contributed by atoms with Crippen LogP contribution >= 0.6 is 11.3 Å². The fourth-order valence-electron chi connectivity index (χ4n) is 3.60. The van der Waals surface area contributed by atoms with Crippen molar-refractivity contribution in [1.29, 1.82) is 0 Å². The first-order valence-electron chi connectivity index (χ1n) is 9.57. The molecular formula is C21H24N4O2S. The van der Waals surface area contributed by atoms with Gasteiger partial charge < -0.3 is 9.42 Å². The molecule has 0 aliphatic carbocycles. The lowest BCUT2D eigenvalue weighted by atomic mass is 9.95. The van der Waals surface area contributed by atoms with Crippen molar-refractivity contribution in [3.8, 4) is 10.7 Å². The van der Waals surface area contributed by atoms with E-state index in [0.717, 1.165) is 36.4 Å². The third kappa shape index (κ3) is 4.48. The number of nitrogens with zero attached hydrogens (tertiary/aromatic N) is 4. The Bertz CT molecular complexity index is 886. The fourth-order valence-corrected chi connectivity index (χ4v) is 4.25. The number of amides is 1. The second-order valence-electron chi connectivity index (χ2n) is 7.22. The first-order valence-corrected chi connectivity index (χ1v) is 10.4. The van der Waals surface area contributed by atoms with Crippen molar-refractivity contribution in [3.63, 3.8) is 0 Å². The molecule has 2 aromatic heterocycles. The number of piperidine rings is 1. The van der Waals surface area contributed by atoms with Crippen molar-refractivity contribution in [2.24, 2.45) is 5.92 Å². The summed E-state index contributed by atoms with van der Waals surface area (Å²) in [5.74, 6) is 1.61. The lowest BCUT2D eigenvalue weighted by Gasteiger charge is -2.32. The molecule has 1 aliphatic heterocycles. The number of aromatic nitrogens is 2. The van der Waals surface area contributed by atoms with Gasteiger partial charge in [0.1, 0.15) is 0 Å². The van der Waals surface area contributed by atoms with Gasteiger partial charge in [-0.2, -0.15) is 4.98 Å². The topological polar surface area (TPSA) is 62.5 Å².